The third kappa shape index (κ3) is 1.33. The van der Waals surface area contributed by atoms with Gasteiger partial charge in [-0.2, -0.15) is 5.26 Å². The Morgan fingerprint density at radius 1 is 1.50 bits per heavy atom. The summed E-state index contributed by atoms with van der Waals surface area (Å²) in [6.45, 7) is 6.25. The van der Waals surface area contributed by atoms with Gasteiger partial charge in [-0.1, -0.05) is 6.92 Å². The number of fused-ring (bicyclic) bond motifs is 2. The molecule has 14 heavy (non-hydrogen) atoms. The lowest BCUT2D eigenvalue weighted by Crippen LogP contribution is -2.67. The molecule has 0 aromatic heterocycles. The molecule has 2 heterocycles. The van der Waals surface area contributed by atoms with Crippen LogP contribution in [0.5, 0.6) is 0 Å². The third-order valence-electron chi connectivity index (χ3n) is 3.59. The molecule has 2 N–H and O–H groups in total. The standard InChI is InChI=1S/C10H17N3O/c1-2-13-3-8-5-14-6-9(4-13)10(8,12)7-11/h8-9H,2-6,12H2,1H3. The van der Waals surface area contributed by atoms with Crippen molar-refractivity contribution < 1.29 is 4.74 Å². The predicted octanol–water partition coefficient (Wildman–Crippen LogP) is -0.194. The van der Waals surface area contributed by atoms with Crippen molar-refractivity contribution in [2.45, 2.75) is 12.5 Å². The van der Waals surface area contributed by atoms with Crippen LogP contribution in [0.3, 0.4) is 0 Å². The molecule has 2 unspecified atom stereocenters. The number of hydrogen-bond acceptors (Lipinski definition) is 4. The van der Waals surface area contributed by atoms with Crippen LogP contribution >= 0.6 is 0 Å². The number of hydrogen-bond donors (Lipinski definition) is 1. The lowest BCUT2D eigenvalue weighted by atomic mass is 9.71. The van der Waals surface area contributed by atoms with Crippen LogP contribution in [-0.4, -0.2) is 43.3 Å². The molecule has 0 radical (unpaired) electrons. The molecule has 0 amide bonds. The molecule has 78 valence electrons. The molecule has 0 spiro atoms. The summed E-state index contributed by atoms with van der Waals surface area (Å²) in [7, 11) is 0. The maximum Gasteiger partial charge on any atom is 0.116 e. The van der Waals surface area contributed by atoms with Gasteiger partial charge in [0.15, 0.2) is 0 Å². The van der Waals surface area contributed by atoms with E-state index in [1.165, 1.54) is 0 Å². The summed E-state index contributed by atoms with van der Waals surface area (Å²) in [5.41, 5.74) is 5.51. The van der Waals surface area contributed by atoms with Gasteiger partial charge in [0.25, 0.3) is 0 Å². The molecule has 0 saturated carbocycles. The molecule has 0 aromatic rings. The molecule has 2 saturated heterocycles. The summed E-state index contributed by atoms with van der Waals surface area (Å²) in [4.78, 5) is 2.36. The number of piperidine rings is 1. The Morgan fingerprint density at radius 3 is 2.50 bits per heavy atom. The molecule has 2 bridgehead atoms. The fraction of sp³-hybridized carbons (Fsp3) is 0.900. The minimum atomic E-state index is -0.649. The van der Waals surface area contributed by atoms with Crippen molar-refractivity contribution in [3.8, 4) is 6.07 Å². The number of nitriles is 1. The molecule has 4 heteroatoms. The highest BCUT2D eigenvalue weighted by Gasteiger charge is 2.50. The van der Waals surface area contributed by atoms with E-state index in [1.807, 2.05) is 0 Å². The lowest BCUT2D eigenvalue weighted by molar-refractivity contribution is -0.0763. The molecule has 2 fully saturated rings. The molecule has 0 aliphatic carbocycles. The Labute approximate surface area is 84.6 Å². The highest BCUT2D eigenvalue weighted by molar-refractivity contribution is 5.17. The summed E-state index contributed by atoms with van der Waals surface area (Å²) in [6, 6.07) is 2.30. The quantitative estimate of drug-likeness (QED) is 0.629. The van der Waals surface area contributed by atoms with Gasteiger partial charge in [-0.15, -0.1) is 0 Å². The maximum atomic E-state index is 9.17. The first-order valence-corrected chi connectivity index (χ1v) is 5.21. The van der Waals surface area contributed by atoms with Gasteiger partial charge in [0.1, 0.15) is 5.54 Å². The highest BCUT2D eigenvalue weighted by Crippen LogP contribution is 2.34. The topological polar surface area (TPSA) is 62.3 Å². The van der Waals surface area contributed by atoms with Gasteiger partial charge in [0, 0.05) is 24.9 Å². The van der Waals surface area contributed by atoms with Crippen LogP contribution in [0.1, 0.15) is 6.92 Å². The fourth-order valence-corrected chi connectivity index (χ4v) is 2.51. The van der Waals surface area contributed by atoms with E-state index in [9.17, 15) is 0 Å². The van der Waals surface area contributed by atoms with Gasteiger partial charge >= 0.3 is 0 Å². The highest BCUT2D eigenvalue weighted by atomic mass is 16.5. The van der Waals surface area contributed by atoms with Crippen LogP contribution in [0, 0.1) is 23.2 Å². The molecule has 4 nitrogen and oxygen atoms in total. The normalized spacial score (nSPS) is 43.2. The number of nitrogens with two attached hydrogens (primary N) is 1. The molecule has 2 rings (SSSR count). The van der Waals surface area contributed by atoms with E-state index in [2.05, 4.69) is 17.9 Å². The van der Waals surface area contributed by atoms with E-state index in [0.29, 0.717) is 13.2 Å². The first kappa shape index (κ1) is 9.91. The van der Waals surface area contributed by atoms with Crippen LogP contribution < -0.4 is 5.73 Å². The Hall–Kier alpha value is -0.630. The fourth-order valence-electron chi connectivity index (χ4n) is 2.51. The molecule has 2 atom stereocenters. The van der Waals surface area contributed by atoms with Crippen LogP contribution in [-0.2, 0) is 4.74 Å². The van der Waals surface area contributed by atoms with Crippen molar-refractivity contribution in [2.75, 3.05) is 32.8 Å². The second-order valence-electron chi connectivity index (χ2n) is 4.33. The largest absolute Gasteiger partial charge is 0.381 e. The summed E-state index contributed by atoms with van der Waals surface area (Å²) >= 11 is 0. The Kier molecular flexibility index (Phi) is 2.48. The van der Waals surface area contributed by atoms with Gasteiger partial charge < -0.3 is 15.4 Å². The van der Waals surface area contributed by atoms with Crippen LogP contribution in [0.4, 0.5) is 0 Å². The van der Waals surface area contributed by atoms with E-state index < -0.39 is 5.54 Å². The first-order chi connectivity index (χ1) is 6.70. The summed E-state index contributed by atoms with van der Waals surface area (Å²) in [5.74, 6) is 0.361. The van der Waals surface area contributed by atoms with E-state index in [-0.39, 0.29) is 11.8 Å². The molecular formula is C10H17N3O. The van der Waals surface area contributed by atoms with E-state index in [1.54, 1.807) is 0 Å². The Morgan fingerprint density at radius 2 is 2.07 bits per heavy atom. The Balaban J connectivity index is 2.20. The average molecular weight is 195 g/mol. The number of rotatable bonds is 1. The Bertz CT molecular complexity index is 247. The third-order valence-corrected chi connectivity index (χ3v) is 3.59. The van der Waals surface area contributed by atoms with Crippen molar-refractivity contribution in [1.29, 1.82) is 5.26 Å². The smallest absolute Gasteiger partial charge is 0.116 e. The van der Waals surface area contributed by atoms with Gasteiger partial charge in [-0.05, 0) is 6.54 Å². The van der Waals surface area contributed by atoms with Gasteiger partial charge in [-0.3, -0.25) is 0 Å². The van der Waals surface area contributed by atoms with Crippen LogP contribution in [0.25, 0.3) is 0 Å². The SMILES string of the molecule is CCN1CC2COCC(C1)C2(N)C#N. The second kappa shape index (κ2) is 3.50. The van der Waals surface area contributed by atoms with Crippen LogP contribution in [0.15, 0.2) is 0 Å². The molecular weight excluding hydrogens is 178 g/mol. The zero-order valence-electron chi connectivity index (χ0n) is 8.57. The second-order valence-corrected chi connectivity index (χ2v) is 4.33. The van der Waals surface area contributed by atoms with E-state index in [0.717, 1.165) is 19.6 Å². The van der Waals surface area contributed by atoms with Gasteiger partial charge in [-0.25, -0.2) is 0 Å². The van der Waals surface area contributed by atoms with Crippen molar-refractivity contribution in [2.24, 2.45) is 17.6 Å². The minimum absolute atomic E-state index is 0.181. The van der Waals surface area contributed by atoms with Crippen molar-refractivity contribution >= 4 is 0 Å². The van der Waals surface area contributed by atoms with Crippen molar-refractivity contribution in [3.05, 3.63) is 0 Å². The summed E-state index contributed by atoms with van der Waals surface area (Å²) in [6.07, 6.45) is 0. The minimum Gasteiger partial charge on any atom is -0.381 e. The lowest BCUT2D eigenvalue weighted by Gasteiger charge is -2.49. The average Bonchev–Trinajstić information content (AvgIpc) is 2.17. The summed E-state index contributed by atoms with van der Waals surface area (Å²) < 4.78 is 5.47. The maximum absolute atomic E-state index is 9.17. The van der Waals surface area contributed by atoms with Crippen molar-refractivity contribution in [3.63, 3.8) is 0 Å². The summed E-state index contributed by atoms with van der Waals surface area (Å²) in [5, 5.41) is 9.17. The van der Waals surface area contributed by atoms with E-state index >= 15 is 0 Å². The zero-order valence-corrected chi connectivity index (χ0v) is 8.57. The van der Waals surface area contributed by atoms with E-state index in [4.69, 9.17) is 15.7 Å². The predicted molar refractivity (Wildman–Crippen MR) is 52.4 cm³/mol. The first-order valence-electron chi connectivity index (χ1n) is 5.21. The van der Waals surface area contributed by atoms with Gasteiger partial charge in [0.2, 0.25) is 0 Å². The van der Waals surface area contributed by atoms with Gasteiger partial charge in [0.05, 0.1) is 19.3 Å². The number of likely N-dealkylation sites (tertiary alicyclic amines) is 1. The number of nitrogens with zero attached hydrogens (tertiary/aromatic N) is 2. The monoisotopic (exact) mass is 195 g/mol. The number of ether oxygens (including phenoxy) is 1. The van der Waals surface area contributed by atoms with Crippen LogP contribution in [0.2, 0.25) is 0 Å². The molecule has 2 aliphatic rings. The zero-order chi connectivity index (χ0) is 10.2. The molecule has 2 aliphatic heterocycles. The molecule has 0 aromatic carbocycles. The van der Waals surface area contributed by atoms with Crippen molar-refractivity contribution in [1.82, 2.24) is 4.90 Å².